The van der Waals surface area contributed by atoms with Gasteiger partial charge in [0.1, 0.15) is 0 Å². The van der Waals surface area contributed by atoms with E-state index in [2.05, 4.69) is 49.4 Å². The maximum absolute atomic E-state index is 12.0. The van der Waals surface area contributed by atoms with E-state index in [1.807, 2.05) is 18.2 Å². The van der Waals surface area contributed by atoms with Crippen LogP contribution in [0.25, 0.3) is 0 Å². The Morgan fingerprint density at radius 2 is 1.92 bits per heavy atom. The number of nitrogens with one attached hydrogen (secondary N) is 2. The predicted octanol–water partition coefficient (Wildman–Crippen LogP) is 2.92. The summed E-state index contributed by atoms with van der Waals surface area (Å²) in [5.74, 6) is 0.888. The molecular formula is C20H34N4O. The number of benzene rings is 1. The van der Waals surface area contributed by atoms with E-state index in [-0.39, 0.29) is 5.91 Å². The number of carbonyl (C=O) groups excluding carboxylic acids is 1. The Labute approximate surface area is 152 Å². The van der Waals surface area contributed by atoms with Crippen LogP contribution < -0.4 is 10.6 Å². The third-order valence-corrected chi connectivity index (χ3v) is 3.76. The molecule has 1 rings (SSSR count). The zero-order valence-electron chi connectivity index (χ0n) is 16.6. The van der Waals surface area contributed by atoms with Gasteiger partial charge in [-0.25, -0.2) is 0 Å². The number of hydrogen-bond donors (Lipinski definition) is 2. The van der Waals surface area contributed by atoms with E-state index < -0.39 is 0 Å². The number of rotatable bonds is 7. The first-order chi connectivity index (χ1) is 11.7. The van der Waals surface area contributed by atoms with Crippen LogP contribution in [0, 0.1) is 5.41 Å². The largest absolute Gasteiger partial charge is 0.357 e. The SMILES string of the molecule is CCNC(=NCCC(C)(C)C)NCCc1cccc(C(=O)N(C)C)c1. The average Bonchev–Trinajstić information content (AvgIpc) is 2.53. The molecule has 0 aliphatic heterocycles. The average molecular weight is 347 g/mol. The number of hydrogen-bond acceptors (Lipinski definition) is 2. The fraction of sp³-hybridized carbons (Fsp3) is 0.600. The second-order valence-corrected chi connectivity index (χ2v) is 7.65. The molecule has 0 unspecified atom stereocenters. The van der Waals surface area contributed by atoms with Crippen molar-refractivity contribution in [3.8, 4) is 0 Å². The smallest absolute Gasteiger partial charge is 0.253 e. The number of carbonyl (C=O) groups is 1. The second kappa shape index (κ2) is 10.1. The van der Waals surface area contributed by atoms with Crippen molar-refractivity contribution < 1.29 is 4.79 Å². The lowest BCUT2D eigenvalue weighted by atomic mass is 9.93. The summed E-state index contributed by atoms with van der Waals surface area (Å²) >= 11 is 0. The molecule has 0 radical (unpaired) electrons. The van der Waals surface area contributed by atoms with E-state index in [9.17, 15) is 4.79 Å². The van der Waals surface area contributed by atoms with Crippen molar-refractivity contribution in [3.05, 3.63) is 35.4 Å². The van der Waals surface area contributed by atoms with Crippen LogP contribution in [0.1, 0.15) is 50.0 Å². The Hall–Kier alpha value is -2.04. The summed E-state index contributed by atoms with van der Waals surface area (Å²) < 4.78 is 0. The highest BCUT2D eigenvalue weighted by atomic mass is 16.2. The maximum Gasteiger partial charge on any atom is 0.253 e. The Morgan fingerprint density at radius 3 is 2.52 bits per heavy atom. The summed E-state index contributed by atoms with van der Waals surface area (Å²) in [6.45, 7) is 11.2. The third-order valence-electron chi connectivity index (χ3n) is 3.76. The highest BCUT2D eigenvalue weighted by Crippen LogP contribution is 2.17. The van der Waals surface area contributed by atoms with Crippen LogP contribution in [0.3, 0.4) is 0 Å². The first-order valence-electron chi connectivity index (χ1n) is 9.05. The fourth-order valence-electron chi connectivity index (χ4n) is 2.29. The normalized spacial score (nSPS) is 12.0. The Balaban J connectivity index is 2.57. The summed E-state index contributed by atoms with van der Waals surface area (Å²) in [4.78, 5) is 18.3. The molecular weight excluding hydrogens is 312 g/mol. The second-order valence-electron chi connectivity index (χ2n) is 7.65. The number of nitrogens with zero attached hydrogens (tertiary/aromatic N) is 2. The van der Waals surface area contributed by atoms with E-state index in [0.29, 0.717) is 5.41 Å². The minimum atomic E-state index is 0.0342. The van der Waals surface area contributed by atoms with Crippen molar-refractivity contribution in [2.75, 3.05) is 33.7 Å². The molecule has 0 atom stereocenters. The topological polar surface area (TPSA) is 56.7 Å². The lowest BCUT2D eigenvalue weighted by molar-refractivity contribution is 0.0827. The fourth-order valence-corrected chi connectivity index (χ4v) is 2.29. The van der Waals surface area contributed by atoms with Crippen LogP contribution in [0.5, 0.6) is 0 Å². The van der Waals surface area contributed by atoms with Gasteiger partial charge < -0.3 is 15.5 Å². The van der Waals surface area contributed by atoms with Gasteiger partial charge in [-0.1, -0.05) is 32.9 Å². The van der Waals surface area contributed by atoms with Gasteiger partial charge in [-0.3, -0.25) is 9.79 Å². The minimum absolute atomic E-state index is 0.0342. The molecule has 1 aromatic carbocycles. The highest BCUT2D eigenvalue weighted by molar-refractivity contribution is 5.94. The monoisotopic (exact) mass is 346 g/mol. The van der Waals surface area contributed by atoms with Gasteiger partial charge in [0.15, 0.2) is 5.96 Å². The van der Waals surface area contributed by atoms with Crippen LogP contribution in [0.15, 0.2) is 29.3 Å². The van der Waals surface area contributed by atoms with Crippen LogP contribution in [0.2, 0.25) is 0 Å². The van der Waals surface area contributed by atoms with Crippen LogP contribution in [0.4, 0.5) is 0 Å². The van der Waals surface area contributed by atoms with Crippen molar-refractivity contribution >= 4 is 11.9 Å². The summed E-state index contributed by atoms with van der Waals surface area (Å²) in [5.41, 5.74) is 2.17. The predicted molar refractivity (Wildman–Crippen MR) is 106 cm³/mol. The van der Waals surface area contributed by atoms with Gasteiger partial charge in [-0.15, -0.1) is 0 Å². The van der Waals surface area contributed by atoms with Gasteiger partial charge >= 0.3 is 0 Å². The molecule has 0 saturated carbocycles. The lowest BCUT2D eigenvalue weighted by Crippen LogP contribution is -2.38. The van der Waals surface area contributed by atoms with Crippen molar-refractivity contribution in [2.45, 2.75) is 40.5 Å². The quantitative estimate of drug-likeness (QED) is 0.589. The molecule has 1 aromatic rings. The maximum atomic E-state index is 12.0. The Morgan fingerprint density at radius 1 is 1.20 bits per heavy atom. The molecule has 0 aliphatic rings. The van der Waals surface area contributed by atoms with Crippen molar-refractivity contribution in [1.82, 2.24) is 15.5 Å². The zero-order valence-corrected chi connectivity index (χ0v) is 16.6. The molecule has 5 nitrogen and oxygen atoms in total. The van der Waals surface area contributed by atoms with Crippen molar-refractivity contribution in [2.24, 2.45) is 10.4 Å². The number of guanidine groups is 1. The molecule has 0 aliphatic carbocycles. The molecule has 0 fully saturated rings. The van der Waals surface area contributed by atoms with E-state index in [1.54, 1.807) is 19.0 Å². The van der Waals surface area contributed by atoms with Crippen LogP contribution in [-0.4, -0.2) is 50.5 Å². The van der Waals surface area contributed by atoms with Gasteiger partial charge in [0, 0.05) is 39.3 Å². The first-order valence-corrected chi connectivity index (χ1v) is 9.05. The molecule has 140 valence electrons. The molecule has 0 bridgehead atoms. The molecule has 0 spiro atoms. The molecule has 25 heavy (non-hydrogen) atoms. The first kappa shape index (κ1) is 21.0. The van der Waals surface area contributed by atoms with E-state index >= 15 is 0 Å². The summed E-state index contributed by atoms with van der Waals surface area (Å²) in [6, 6.07) is 7.82. The van der Waals surface area contributed by atoms with Gasteiger partial charge in [0.2, 0.25) is 0 Å². The lowest BCUT2D eigenvalue weighted by Gasteiger charge is -2.17. The van der Waals surface area contributed by atoms with E-state index in [0.717, 1.165) is 49.6 Å². The molecule has 0 aromatic heterocycles. The minimum Gasteiger partial charge on any atom is -0.357 e. The third kappa shape index (κ3) is 8.57. The molecule has 0 saturated heterocycles. The Kier molecular flexibility index (Phi) is 8.46. The van der Waals surface area contributed by atoms with E-state index in [4.69, 9.17) is 0 Å². The number of amides is 1. The summed E-state index contributed by atoms with van der Waals surface area (Å²) in [7, 11) is 3.54. The molecule has 5 heteroatoms. The summed E-state index contributed by atoms with van der Waals surface area (Å²) in [6.07, 6.45) is 1.90. The zero-order chi connectivity index (χ0) is 18.9. The van der Waals surface area contributed by atoms with E-state index in [1.165, 1.54) is 0 Å². The van der Waals surface area contributed by atoms with Gasteiger partial charge in [0.25, 0.3) is 5.91 Å². The van der Waals surface area contributed by atoms with Crippen LogP contribution >= 0.6 is 0 Å². The summed E-state index contributed by atoms with van der Waals surface area (Å²) in [5, 5.41) is 6.65. The Bertz CT molecular complexity index is 573. The number of aliphatic imine (C=N–C) groups is 1. The van der Waals surface area contributed by atoms with Crippen molar-refractivity contribution in [3.63, 3.8) is 0 Å². The van der Waals surface area contributed by atoms with Gasteiger partial charge in [0.05, 0.1) is 0 Å². The van der Waals surface area contributed by atoms with Crippen molar-refractivity contribution in [1.29, 1.82) is 0 Å². The van der Waals surface area contributed by atoms with Gasteiger partial charge in [-0.05, 0) is 42.9 Å². The highest BCUT2D eigenvalue weighted by Gasteiger charge is 2.10. The standard InChI is InChI=1S/C20H34N4O/c1-7-21-19(23-14-12-20(2,3)4)22-13-11-16-9-8-10-17(15-16)18(25)24(5)6/h8-10,15H,7,11-14H2,1-6H3,(H2,21,22,23). The molecule has 1 amide bonds. The van der Waals surface area contributed by atoms with Crippen LogP contribution in [-0.2, 0) is 6.42 Å². The molecule has 2 N–H and O–H groups in total. The van der Waals surface area contributed by atoms with Gasteiger partial charge in [-0.2, -0.15) is 0 Å². The molecule has 0 heterocycles.